The number of hydrogen-bond acceptors (Lipinski definition) is 6. The summed E-state index contributed by atoms with van der Waals surface area (Å²) >= 11 is 0. The monoisotopic (exact) mass is 1220 g/mol. The van der Waals surface area contributed by atoms with Gasteiger partial charge in [0.1, 0.15) is 0 Å². The Morgan fingerprint density at radius 3 is 1.49 bits per heavy atom. The molecule has 0 N–H and O–H groups in total. The summed E-state index contributed by atoms with van der Waals surface area (Å²) in [6, 6.07) is 75.0. The zero-order valence-corrected chi connectivity index (χ0v) is 40.8. The Bertz CT molecular complexity index is 3050. The Morgan fingerprint density at radius 2 is 0.940 bits per heavy atom. The molecule has 67 heavy (non-hydrogen) atoms. The van der Waals surface area contributed by atoms with Crippen LogP contribution in [0.3, 0.4) is 0 Å². The quantitative estimate of drug-likeness (QED) is 0.101. The van der Waals surface area contributed by atoms with E-state index in [2.05, 4.69) is 91.0 Å². The second-order valence-corrected chi connectivity index (χ2v) is 15.6. The second-order valence-electron chi connectivity index (χ2n) is 15.6. The molecule has 4 aromatic heterocycles. The van der Waals surface area contributed by atoms with E-state index in [0.717, 1.165) is 81.7 Å². The first-order valence-electron chi connectivity index (χ1n) is 21.6. The topological polar surface area (TPSA) is 73.7 Å². The van der Waals surface area contributed by atoms with E-state index in [1.165, 1.54) is 22.3 Å². The van der Waals surface area contributed by atoms with Crippen LogP contribution in [0.1, 0.15) is 22.3 Å². The summed E-state index contributed by atoms with van der Waals surface area (Å²) in [5.74, 6) is 1.23. The molecule has 0 aliphatic carbocycles. The summed E-state index contributed by atoms with van der Waals surface area (Å²) in [5.41, 5.74) is 14.7. The van der Waals surface area contributed by atoms with Crippen LogP contribution in [0.4, 0.5) is 0 Å². The van der Waals surface area contributed by atoms with Crippen molar-refractivity contribution in [3.05, 3.63) is 247 Å². The molecule has 0 saturated heterocycles. The maximum atomic E-state index is 6.66. The minimum absolute atomic E-state index is 0. The summed E-state index contributed by atoms with van der Waals surface area (Å²) in [6.45, 7) is 0. The van der Waals surface area contributed by atoms with Crippen molar-refractivity contribution >= 4 is 0 Å². The Balaban J connectivity index is 0.00000304. The number of hydrogen-bond donors (Lipinski definition) is 0. The van der Waals surface area contributed by atoms with Gasteiger partial charge in [0.25, 0.3) is 0 Å². The van der Waals surface area contributed by atoms with Gasteiger partial charge in [-0.1, -0.05) is 78.9 Å². The van der Waals surface area contributed by atoms with Gasteiger partial charge in [-0.25, -0.2) is 23.8 Å². The van der Waals surface area contributed by atoms with Crippen molar-refractivity contribution in [3.8, 4) is 79.2 Å². The van der Waals surface area contributed by atoms with Gasteiger partial charge in [0.2, 0.25) is 11.8 Å². The van der Waals surface area contributed by atoms with Crippen molar-refractivity contribution < 1.29 is 45.9 Å². The van der Waals surface area contributed by atoms with Crippen LogP contribution in [-0.2, 0) is 66.9 Å². The number of benzene rings is 6. The molecular weight excluding hydrogens is 1180 g/mol. The maximum absolute atomic E-state index is 6.66. The molecule has 10 rings (SSSR count). The number of aromatic nitrogens is 5. The smallest absolute Gasteiger partial charge is 0.422 e. The molecule has 0 fully saturated rings. The molecule has 0 atom stereocenters. The molecule has 10 aromatic rings. The maximum Gasteiger partial charge on any atom is 3.00 e. The molecular formula is C59H40IrN5OPt. The van der Waals surface area contributed by atoms with E-state index in [-0.39, 0.29) is 41.2 Å². The summed E-state index contributed by atoms with van der Waals surface area (Å²) in [7, 11) is 0. The van der Waals surface area contributed by atoms with Gasteiger partial charge in [0.15, 0.2) is 0 Å². The van der Waals surface area contributed by atoms with Crippen LogP contribution < -0.4 is 4.74 Å². The molecule has 0 radical (unpaired) electrons. The van der Waals surface area contributed by atoms with Crippen LogP contribution >= 0.6 is 0 Å². The molecule has 6 aromatic carbocycles. The standard InChI is InChI=1S/C59H40N5O.Ir.Pt/c1-5-16-46(17-6-1)54-34-32-42(39-60-54)28-30-44-36-45(31-29-43-33-35-55(61-40-43)47-18-7-2-8-19-47)38-50(37-44)51-24-13-14-25-52(51)53-41-62-58(49-22-11-4-12-23-49)64-59(53)65-57-27-15-26-56(63-57)48-20-9-3-10-21-48;;/h1-16,18,20,24-27,32-41H,28-31H2;;/q-5;+3;+2. The third-order valence-corrected chi connectivity index (χ3v) is 11.1. The van der Waals surface area contributed by atoms with Crippen LogP contribution in [0.25, 0.3) is 67.4 Å². The predicted molar refractivity (Wildman–Crippen MR) is 256 cm³/mol. The molecule has 0 amide bonds. The molecule has 0 aliphatic heterocycles. The number of ether oxygens (including phenoxy) is 1. The van der Waals surface area contributed by atoms with Crippen molar-refractivity contribution in [3.63, 3.8) is 0 Å². The third kappa shape index (κ3) is 11.5. The van der Waals surface area contributed by atoms with E-state index >= 15 is 0 Å². The van der Waals surface area contributed by atoms with Crippen molar-refractivity contribution in [2.75, 3.05) is 0 Å². The first kappa shape index (κ1) is 46.5. The summed E-state index contributed by atoms with van der Waals surface area (Å²) in [6.07, 6.45) is 9.15. The Labute approximate surface area is 419 Å². The van der Waals surface area contributed by atoms with E-state index in [9.17, 15) is 0 Å². The van der Waals surface area contributed by atoms with E-state index in [1.54, 1.807) is 0 Å². The van der Waals surface area contributed by atoms with Gasteiger partial charge in [0.05, 0.1) is 5.56 Å². The van der Waals surface area contributed by atoms with E-state index in [4.69, 9.17) is 29.7 Å². The van der Waals surface area contributed by atoms with Crippen molar-refractivity contribution in [2.24, 2.45) is 0 Å². The van der Waals surface area contributed by atoms with Gasteiger partial charge < -0.3 is 19.7 Å². The van der Waals surface area contributed by atoms with Crippen molar-refractivity contribution in [2.45, 2.75) is 25.7 Å². The average Bonchev–Trinajstić information content (AvgIpc) is 3.39. The van der Waals surface area contributed by atoms with Gasteiger partial charge in [-0.3, -0.25) is 22.1 Å². The minimum atomic E-state index is 0. The van der Waals surface area contributed by atoms with Crippen LogP contribution in [0.5, 0.6) is 11.8 Å². The molecule has 326 valence electrons. The summed E-state index contributed by atoms with van der Waals surface area (Å²) in [5, 5.41) is 0. The van der Waals surface area contributed by atoms with Gasteiger partial charge in [-0.15, -0.1) is 108 Å². The molecule has 4 heterocycles. The van der Waals surface area contributed by atoms with Crippen LogP contribution in [0, 0.1) is 30.3 Å². The van der Waals surface area contributed by atoms with E-state index in [1.807, 2.05) is 134 Å². The van der Waals surface area contributed by atoms with Gasteiger partial charge in [0, 0.05) is 18.6 Å². The molecule has 0 unspecified atom stereocenters. The molecule has 0 aliphatic rings. The van der Waals surface area contributed by atoms with Crippen LogP contribution in [0.2, 0.25) is 0 Å². The summed E-state index contributed by atoms with van der Waals surface area (Å²) < 4.78 is 6.66. The largest absolute Gasteiger partial charge is 3.00 e. The SMILES string of the molecule is [Ir+3].[Pt+2].[c-]1ccc[c-]c1-c1ncc(-c2ccccc2-c2cc(CCc3ccc(-c4[c-]cccc4)nc3)cc(CCc3ccc(-c4[c-]cccc4)nc3)c2)c(Oc2cccc(-c3[c-]cccc3)n2)n1. The molecule has 0 bridgehead atoms. The normalized spacial score (nSPS) is 10.7. The third-order valence-electron chi connectivity index (χ3n) is 11.1. The Morgan fingerprint density at radius 1 is 0.403 bits per heavy atom. The molecule has 0 spiro atoms. The zero-order valence-electron chi connectivity index (χ0n) is 36.1. The van der Waals surface area contributed by atoms with E-state index in [0.29, 0.717) is 23.1 Å². The fraction of sp³-hybridized carbons (Fsp3) is 0.0678. The van der Waals surface area contributed by atoms with Crippen molar-refractivity contribution in [1.82, 2.24) is 24.9 Å². The first-order chi connectivity index (χ1) is 32.2. The van der Waals surface area contributed by atoms with Gasteiger partial charge in [-0.2, -0.15) is 0 Å². The Kier molecular flexibility index (Phi) is 15.6. The summed E-state index contributed by atoms with van der Waals surface area (Å²) in [4.78, 5) is 24.3. The molecule has 8 heteroatoms. The predicted octanol–water partition coefficient (Wildman–Crippen LogP) is 13.0. The second kappa shape index (κ2) is 22.5. The first-order valence-corrected chi connectivity index (χ1v) is 21.6. The minimum Gasteiger partial charge on any atom is -0.422 e. The zero-order chi connectivity index (χ0) is 43.6. The van der Waals surface area contributed by atoms with Crippen LogP contribution in [-0.4, -0.2) is 24.9 Å². The fourth-order valence-corrected chi connectivity index (χ4v) is 7.83. The molecule has 0 saturated carbocycles. The van der Waals surface area contributed by atoms with Gasteiger partial charge >= 0.3 is 41.2 Å². The number of pyridine rings is 3. The van der Waals surface area contributed by atoms with Gasteiger partial charge in [-0.05, 0) is 93.6 Å². The van der Waals surface area contributed by atoms with Crippen LogP contribution in [0.15, 0.2) is 195 Å². The number of rotatable bonds is 14. The number of nitrogens with zero attached hydrogens (tertiary/aromatic N) is 5. The number of aryl methyl sites for hydroxylation is 4. The fourth-order valence-electron chi connectivity index (χ4n) is 7.83. The average molecular weight is 1220 g/mol. The van der Waals surface area contributed by atoms with E-state index < -0.39 is 0 Å². The Hall–Kier alpha value is -7.01. The van der Waals surface area contributed by atoms with Crippen molar-refractivity contribution in [1.29, 1.82) is 0 Å². The molecule has 6 nitrogen and oxygen atoms in total.